The number of para-hydroxylation sites is 1. The predicted molar refractivity (Wildman–Crippen MR) is 217 cm³/mol. The molecule has 0 spiro atoms. The molecule has 0 saturated carbocycles. The van der Waals surface area contributed by atoms with Gasteiger partial charge in [-0.25, -0.2) is 15.0 Å². The fourth-order valence-corrected chi connectivity index (χ4v) is 8.90. The summed E-state index contributed by atoms with van der Waals surface area (Å²) in [4.78, 5) is 18.8. The van der Waals surface area contributed by atoms with Crippen molar-refractivity contribution in [2.24, 2.45) is 0 Å². The van der Waals surface area contributed by atoms with Crippen molar-refractivity contribution >= 4 is 39.1 Å². The minimum absolute atomic E-state index is 0.0667. The molecule has 0 N–H and O–H groups in total. The molecule has 2 aliphatic rings. The maximum absolute atomic E-state index is 4.85. The molecule has 1 aliphatic carbocycles. The van der Waals surface area contributed by atoms with Gasteiger partial charge in [0.2, 0.25) is 0 Å². The van der Waals surface area contributed by atoms with Crippen LogP contribution in [0.2, 0.25) is 0 Å². The van der Waals surface area contributed by atoms with Crippen molar-refractivity contribution in [3.8, 4) is 16.9 Å². The molecule has 0 unspecified atom stereocenters. The molecule has 0 fully saturated rings. The number of anilines is 3. The van der Waals surface area contributed by atoms with Gasteiger partial charge in [0.15, 0.2) is 11.6 Å². The van der Waals surface area contributed by atoms with Gasteiger partial charge in [-0.3, -0.25) is 4.57 Å². The summed E-state index contributed by atoms with van der Waals surface area (Å²) in [6.07, 6.45) is 6.23. The van der Waals surface area contributed by atoms with Crippen molar-refractivity contribution in [2.75, 3.05) is 23.5 Å². The SMILES string of the molecule is CN1CN(c2cc(CC3(c4ccc5c6ccccc6n(-c6ccccn6)c5c4)c4ccccc4-c4ccccc43)cc(C(C)(C)C)c2)c2nccnc21. The van der Waals surface area contributed by atoms with Crippen molar-refractivity contribution in [1.82, 2.24) is 19.5 Å². The van der Waals surface area contributed by atoms with Gasteiger partial charge in [-0.15, -0.1) is 0 Å². The predicted octanol–water partition coefficient (Wildman–Crippen LogP) is 10.4. The van der Waals surface area contributed by atoms with Crippen LogP contribution < -0.4 is 9.80 Å². The lowest BCUT2D eigenvalue weighted by Gasteiger charge is -2.34. The number of pyridine rings is 1. The largest absolute Gasteiger partial charge is 0.338 e. The summed E-state index contributed by atoms with van der Waals surface area (Å²) in [6.45, 7) is 7.61. The Labute approximate surface area is 310 Å². The zero-order valence-electron chi connectivity index (χ0n) is 30.5. The summed E-state index contributed by atoms with van der Waals surface area (Å²) in [5.74, 6) is 2.71. The zero-order chi connectivity index (χ0) is 35.9. The maximum Gasteiger partial charge on any atom is 0.178 e. The van der Waals surface area contributed by atoms with Crippen molar-refractivity contribution in [2.45, 2.75) is 38.0 Å². The summed E-state index contributed by atoms with van der Waals surface area (Å²) < 4.78 is 2.33. The summed E-state index contributed by atoms with van der Waals surface area (Å²) in [6, 6.07) is 47.2. The highest BCUT2D eigenvalue weighted by Crippen LogP contribution is 2.55. The van der Waals surface area contributed by atoms with Gasteiger partial charge in [0.05, 0.1) is 23.1 Å². The highest BCUT2D eigenvalue weighted by Gasteiger charge is 2.45. The first-order valence-corrected chi connectivity index (χ1v) is 18.4. The van der Waals surface area contributed by atoms with Crippen LogP contribution in [0.25, 0.3) is 38.8 Å². The van der Waals surface area contributed by atoms with E-state index in [0.29, 0.717) is 6.67 Å². The average Bonchev–Trinajstić information content (AvgIpc) is 3.81. The van der Waals surface area contributed by atoms with Crippen LogP contribution in [0.5, 0.6) is 0 Å². The van der Waals surface area contributed by atoms with Crippen molar-refractivity contribution in [1.29, 1.82) is 0 Å². The van der Waals surface area contributed by atoms with Crippen LogP contribution in [0.4, 0.5) is 17.3 Å². The highest BCUT2D eigenvalue weighted by atomic mass is 15.4. The summed E-state index contributed by atoms with van der Waals surface area (Å²) in [5, 5.41) is 2.45. The van der Waals surface area contributed by atoms with E-state index in [2.05, 4.69) is 168 Å². The molecule has 10 rings (SSSR count). The van der Waals surface area contributed by atoms with Crippen LogP contribution in [-0.4, -0.2) is 33.2 Å². The topological polar surface area (TPSA) is 50.1 Å². The van der Waals surface area contributed by atoms with Crippen LogP contribution in [-0.2, 0) is 17.3 Å². The standard InChI is InChI=1S/C47H40N6/c1-46(2,3)33-25-31(26-34(27-33)52-30-51(4)44-45(52)50-24-23-49-44)29-47(39-16-8-5-13-35(39)36-14-6-9-17-40(36)47)32-20-21-38-37-15-7-10-18-41(37)53(42(38)28-32)43-19-11-12-22-48-43/h5-28H,29-30H2,1-4H3. The average molecular weight is 689 g/mol. The third-order valence-electron chi connectivity index (χ3n) is 11.4. The van der Waals surface area contributed by atoms with E-state index < -0.39 is 5.41 Å². The lowest BCUT2D eigenvalue weighted by Crippen LogP contribution is -2.30. The number of hydrogen-bond acceptors (Lipinski definition) is 5. The third-order valence-corrected chi connectivity index (χ3v) is 11.4. The zero-order valence-corrected chi connectivity index (χ0v) is 30.5. The van der Waals surface area contributed by atoms with E-state index >= 15 is 0 Å². The van der Waals surface area contributed by atoms with Crippen LogP contribution in [0, 0.1) is 0 Å². The van der Waals surface area contributed by atoms with Gasteiger partial charge in [-0.1, -0.05) is 112 Å². The molecule has 1 aliphatic heterocycles. The molecule has 0 atom stereocenters. The van der Waals surface area contributed by atoms with Gasteiger partial charge < -0.3 is 9.80 Å². The minimum atomic E-state index is -0.458. The Kier molecular flexibility index (Phi) is 6.90. The summed E-state index contributed by atoms with van der Waals surface area (Å²) in [5.41, 5.74) is 12.0. The van der Waals surface area contributed by atoms with Gasteiger partial charge in [0.25, 0.3) is 0 Å². The molecule has 258 valence electrons. The smallest absolute Gasteiger partial charge is 0.178 e. The Morgan fingerprint density at radius 2 is 1.30 bits per heavy atom. The van der Waals surface area contributed by atoms with E-state index in [4.69, 9.17) is 9.97 Å². The van der Waals surface area contributed by atoms with Crippen molar-refractivity contribution in [3.63, 3.8) is 0 Å². The van der Waals surface area contributed by atoms with Crippen LogP contribution in [0.1, 0.15) is 48.6 Å². The van der Waals surface area contributed by atoms with Gasteiger partial charge in [-0.2, -0.15) is 0 Å². The highest BCUT2D eigenvalue weighted by molar-refractivity contribution is 6.09. The van der Waals surface area contributed by atoms with E-state index in [9.17, 15) is 0 Å². The molecule has 6 heteroatoms. The molecule has 4 heterocycles. The second-order valence-corrected chi connectivity index (χ2v) is 15.6. The second-order valence-electron chi connectivity index (χ2n) is 15.6. The van der Waals surface area contributed by atoms with Crippen LogP contribution >= 0.6 is 0 Å². The first-order chi connectivity index (χ1) is 25.8. The second kappa shape index (κ2) is 11.6. The number of aromatic nitrogens is 4. The molecular weight excluding hydrogens is 649 g/mol. The van der Waals surface area contributed by atoms with Gasteiger partial charge in [0.1, 0.15) is 5.82 Å². The monoisotopic (exact) mass is 688 g/mol. The van der Waals surface area contributed by atoms with Crippen LogP contribution in [0.15, 0.2) is 146 Å². The Balaban J connectivity index is 1.24. The van der Waals surface area contributed by atoms with Crippen LogP contribution in [0.3, 0.4) is 0 Å². The molecule has 0 radical (unpaired) electrons. The normalized spacial score (nSPS) is 14.5. The first-order valence-electron chi connectivity index (χ1n) is 18.4. The number of benzene rings is 5. The number of hydrogen-bond donors (Lipinski definition) is 0. The first kappa shape index (κ1) is 31.5. The molecular formula is C47H40N6. The third kappa shape index (κ3) is 4.75. The molecule has 53 heavy (non-hydrogen) atoms. The quantitative estimate of drug-likeness (QED) is 0.180. The van der Waals surface area contributed by atoms with E-state index in [1.54, 1.807) is 12.4 Å². The fourth-order valence-electron chi connectivity index (χ4n) is 8.90. The lowest BCUT2D eigenvalue weighted by atomic mass is 9.68. The van der Waals surface area contributed by atoms with Crippen molar-refractivity contribution in [3.05, 3.63) is 174 Å². The van der Waals surface area contributed by atoms with E-state index in [0.717, 1.165) is 40.6 Å². The summed E-state index contributed by atoms with van der Waals surface area (Å²) >= 11 is 0. The molecule has 6 nitrogen and oxygen atoms in total. The van der Waals surface area contributed by atoms with Gasteiger partial charge >= 0.3 is 0 Å². The van der Waals surface area contributed by atoms with Gasteiger partial charge in [0, 0.05) is 42.1 Å². The molecule has 3 aromatic heterocycles. The minimum Gasteiger partial charge on any atom is -0.338 e. The molecule has 0 saturated heterocycles. The molecule has 0 amide bonds. The number of nitrogens with zero attached hydrogens (tertiary/aromatic N) is 6. The Hall–Kier alpha value is -6.27. The van der Waals surface area contributed by atoms with Crippen molar-refractivity contribution < 1.29 is 0 Å². The van der Waals surface area contributed by atoms with E-state index in [1.165, 1.54) is 49.7 Å². The van der Waals surface area contributed by atoms with Gasteiger partial charge in [-0.05, 0) is 87.2 Å². The fraction of sp³-hybridized carbons (Fsp3) is 0.170. The number of fused-ring (bicyclic) bond motifs is 7. The lowest BCUT2D eigenvalue weighted by molar-refractivity contribution is 0.585. The Morgan fingerprint density at radius 1 is 0.623 bits per heavy atom. The molecule has 8 aromatic rings. The van der Waals surface area contributed by atoms with E-state index in [1.807, 2.05) is 12.3 Å². The number of rotatable bonds is 5. The molecule has 0 bridgehead atoms. The molecule has 5 aromatic carbocycles. The Bertz CT molecular complexity index is 2660. The maximum atomic E-state index is 4.85. The van der Waals surface area contributed by atoms with E-state index in [-0.39, 0.29) is 5.41 Å². The Morgan fingerprint density at radius 3 is 2.04 bits per heavy atom. The summed E-state index contributed by atoms with van der Waals surface area (Å²) in [7, 11) is 2.09.